The van der Waals surface area contributed by atoms with Crippen LogP contribution in [0, 0.1) is 0 Å². The molecule has 2 aromatic carbocycles. The van der Waals surface area contributed by atoms with Gasteiger partial charge in [0.05, 0.1) is 13.7 Å². The summed E-state index contributed by atoms with van der Waals surface area (Å²) in [7, 11) is 1.58. The number of ether oxygens (including phenoxy) is 2. The zero-order valence-corrected chi connectivity index (χ0v) is 13.8. The van der Waals surface area contributed by atoms with Crippen molar-refractivity contribution in [2.24, 2.45) is 0 Å². The van der Waals surface area contributed by atoms with Crippen molar-refractivity contribution in [1.29, 1.82) is 0 Å². The van der Waals surface area contributed by atoms with E-state index in [9.17, 15) is 4.79 Å². The van der Waals surface area contributed by atoms with Crippen LogP contribution in [0.15, 0.2) is 48.5 Å². The molecule has 4 nitrogen and oxygen atoms in total. The average Bonchev–Trinajstić information content (AvgIpc) is 2.58. The molecular weight excluding hydrogens is 290 g/mol. The van der Waals surface area contributed by atoms with Gasteiger partial charge in [0.15, 0.2) is 0 Å². The highest BCUT2D eigenvalue weighted by atomic mass is 16.5. The van der Waals surface area contributed by atoms with Crippen molar-refractivity contribution in [1.82, 2.24) is 5.32 Å². The maximum atomic E-state index is 12.1. The van der Waals surface area contributed by atoms with E-state index in [1.165, 1.54) is 5.56 Å². The molecule has 0 unspecified atom stereocenters. The second-order valence-corrected chi connectivity index (χ2v) is 5.53. The minimum atomic E-state index is -0.135. The predicted octanol–water partition coefficient (Wildman–Crippen LogP) is 3.63. The number of rotatable bonds is 7. The van der Waals surface area contributed by atoms with Gasteiger partial charge in [-0.3, -0.25) is 4.79 Å². The second kappa shape index (κ2) is 8.22. The Bertz CT molecular complexity index is 653. The van der Waals surface area contributed by atoms with Gasteiger partial charge in [-0.05, 0) is 35.7 Å². The van der Waals surface area contributed by atoms with Crippen molar-refractivity contribution in [3.05, 3.63) is 59.7 Å². The number of para-hydroxylation sites is 1. The number of nitrogens with one attached hydrogen (secondary N) is 1. The van der Waals surface area contributed by atoms with E-state index in [4.69, 9.17) is 9.47 Å². The van der Waals surface area contributed by atoms with Crippen LogP contribution in [0.25, 0.3) is 0 Å². The largest absolute Gasteiger partial charge is 0.497 e. The first-order valence-corrected chi connectivity index (χ1v) is 7.75. The van der Waals surface area contributed by atoms with Gasteiger partial charge in [0.2, 0.25) is 0 Å². The van der Waals surface area contributed by atoms with Gasteiger partial charge in [-0.2, -0.15) is 0 Å². The fourth-order valence-electron chi connectivity index (χ4n) is 2.28. The lowest BCUT2D eigenvalue weighted by Gasteiger charge is -2.14. The normalized spacial score (nSPS) is 10.4. The third kappa shape index (κ3) is 4.74. The molecule has 0 aliphatic rings. The maximum absolute atomic E-state index is 12.1. The van der Waals surface area contributed by atoms with E-state index in [1.54, 1.807) is 25.3 Å². The number of methoxy groups -OCH3 is 1. The van der Waals surface area contributed by atoms with Gasteiger partial charge >= 0.3 is 0 Å². The Hall–Kier alpha value is -2.49. The molecule has 1 N–H and O–H groups in total. The van der Waals surface area contributed by atoms with Crippen molar-refractivity contribution in [2.75, 3.05) is 20.3 Å². The molecule has 0 bridgehead atoms. The summed E-state index contributed by atoms with van der Waals surface area (Å²) in [5.74, 6) is 1.81. The Morgan fingerprint density at radius 1 is 1.13 bits per heavy atom. The highest BCUT2D eigenvalue weighted by Crippen LogP contribution is 2.25. The summed E-state index contributed by atoms with van der Waals surface area (Å²) in [6.07, 6.45) is 0. The molecule has 0 fully saturated rings. The molecule has 2 rings (SSSR count). The summed E-state index contributed by atoms with van der Waals surface area (Å²) in [5.41, 5.74) is 1.75. The lowest BCUT2D eigenvalue weighted by Crippen LogP contribution is -2.28. The van der Waals surface area contributed by atoms with Gasteiger partial charge in [-0.25, -0.2) is 0 Å². The topological polar surface area (TPSA) is 47.6 Å². The summed E-state index contributed by atoms with van der Waals surface area (Å²) in [6, 6.07) is 15.1. The number of carbonyl (C=O) groups is 1. The van der Waals surface area contributed by atoms with Gasteiger partial charge in [-0.1, -0.05) is 38.1 Å². The van der Waals surface area contributed by atoms with Gasteiger partial charge in [-0.15, -0.1) is 0 Å². The lowest BCUT2D eigenvalue weighted by molar-refractivity contribution is 0.0946. The second-order valence-electron chi connectivity index (χ2n) is 5.53. The van der Waals surface area contributed by atoms with Gasteiger partial charge in [0.1, 0.15) is 18.1 Å². The molecule has 0 saturated heterocycles. The van der Waals surface area contributed by atoms with Crippen LogP contribution in [0.2, 0.25) is 0 Å². The van der Waals surface area contributed by atoms with Crippen molar-refractivity contribution >= 4 is 5.91 Å². The molecule has 2 aromatic rings. The standard InChI is InChI=1S/C19H23NO3/c1-14(2)17-9-4-5-10-18(17)23-12-11-20-19(21)15-7-6-8-16(13-15)22-3/h4-10,13-14H,11-12H2,1-3H3,(H,20,21). The van der Waals surface area contributed by atoms with Crippen LogP contribution in [-0.2, 0) is 0 Å². The highest BCUT2D eigenvalue weighted by Gasteiger charge is 2.08. The van der Waals surface area contributed by atoms with E-state index in [0.29, 0.717) is 30.4 Å². The third-order valence-corrected chi connectivity index (χ3v) is 3.52. The number of benzene rings is 2. The molecule has 1 amide bonds. The van der Waals surface area contributed by atoms with E-state index < -0.39 is 0 Å². The molecule has 0 aromatic heterocycles. The predicted molar refractivity (Wildman–Crippen MR) is 91.4 cm³/mol. The van der Waals surface area contributed by atoms with Crippen molar-refractivity contribution < 1.29 is 14.3 Å². The van der Waals surface area contributed by atoms with Crippen LogP contribution in [0.3, 0.4) is 0 Å². The summed E-state index contributed by atoms with van der Waals surface area (Å²) < 4.78 is 10.9. The first-order chi connectivity index (χ1) is 11.1. The van der Waals surface area contributed by atoms with Crippen LogP contribution in [0.5, 0.6) is 11.5 Å². The third-order valence-electron chi connectivity index (χ3n) is 3.52. The fourth-order valence-corrected chi connectivity index (χ4v) is 2.28. The first-order valence-electron chi connectivity index (χ1n) is 7.75. The van der Waals surface area contributed by atoms with Gasteiger partial charge < -0.3 is 14.8 Å². The van der Waals surface area contributed by atoms with Crippen LogP contribution < -0.4 is 14.8 Å². The maximum Gasteiger partial charge on any atom is 0.251 e. The summed E-state index contributed by atoms with van der Waals surface area (Å²) in [5, 5.41) is 2.85. The van der Waals surface area contributed by atoms with E-state index in [1.807, 2.05) is 24.3 Å². The molecule has 0 heterocycles. The smallest absolute Gasteiger partial charge is 0.251 e. The number of amides is 1. The molecular formula is C19H23NO3. The van der Waals surface area contributed by atoms with Gasteiger partial charge in [0.25, 0.3) is 5.91 Å². The zero-order valence-electron chi connectivity index (χ0n) is 13.8. The van der Waals surface area contributed by atoms with Crippen LogP contribution in [0.4, 0.5) is 0 Å². The Morgan fingerprint density at radius 2 is 1.91 bits per heavy atom. The monoisotopic (exact) mass is 313 g/mol. The van der Waals surface area contributed by atoms with Crippen molar-refractivity contribution in [3.8, 4) is 11.5 Å². The minimum absolute atomic E-state index is 0.135. The van der Waals surface area contributed by atoms with Crippen LogP contribution >= 0.6 is 0 Å². The lowest BCUT2D eigenvalue weighted by atomic mass is 10.0. The molecule has 4 heteroatoms. The zero-order chi connectivity index (χ0) is 16.7. The Morgan fingerprint density at radius 3 is 2.65 bits per heavy atom. The fraction of sp³-hybridized carbons (Fsp3) is 0.316. The number of hydrogen-bond donors (Lipinski definition) is 1. The highest BCUT2D eigenvalue weighted by molar-refractivity contribution is 5.94. The van der Waals surface area contributed by atoms with E-state index >= 15 is 0 Å². The SMILES string of the molecule is COc1cccc(C(=O)NCCOc2ccccc2C(C)C)c1. The van der Waals surface area contributed by atoms with Crippen molar-refractivity contribution in [2.45, 2.75) is 19.8 Å². The summed E-state index contributed by atoms with van der Waals surface area (Å²) >= 11 is 0. The molecule has 0 spiro atoms. The quantitative estimate of drug-likeness (QED) is 0.794. The molecule has 122 valence electrons. The van der Waals surface area contributed by atoms with Gasteiger partial charge in [0, 0.05) is 5.56 Å². The molecule has 0 saturated carbocycles. The summed E-state index contributed by atoms with van der Waals surface area (Å²) in [4.78, 5) is 12.1. The summed E-state index contributed by atoms with van der Waals surface area (Å²) in [6.45, 7) is 5.14. The molecule has 23 heavy (non-hydrogen) atoms. The molecule has 0 aliphatic heterocycles. The Labute approximate surface area is 137 Å². The number of carbonyl (C=O) groups excluding carboxylic acids is 1. The molecule has 0 aliphatic carbocycles. The van der Waals surface area contributed by atoms with E-state index in [0.717, 1.165) is 5.75 Å². The van der Waals surface area contributed by atoms with E-state index in [-0.39, 0.29) is 5.91 Å². The molecule has 0 radical (unpaired) electrons. The first kappa shape index (κ1) is 16.9. The van der Waals surface area contributed by atoms with Crippen molar-refractivity contribution in [3.63, 3.8) is 0 Å². The minimum Gasteiger partial charge on any atom is -0.497 e. The van der Waals surface area contributed by atoms with E-state index in [2.05, 4.69) is 25.2 Å². The average molecular weight is 313 g/mol. The Balaban J connectivity index is 1.84. The Kier molecular flexibility index (Phi) is 6.03. The van der Waals surface area contributed by atoms with Crippen LogP contribution in [-0.4, -0.2) is 26.2 Å². The molecule has 0 atom stereocenters. The number of hydrogen-bond acceptors (Lipinski definition) is 3. The van der Waals surface area contributed by atoms with Crippen LogP contribution in [0.1, 0.15) is 35.7 Å².